The van der Waals surface area contributed by atoms with Crippen LogP contribution in [-0.4, -0.2) is 29.0 Å². The monoisotopic (exact) mass is 291 g/mol. The lowest BCUT2D eigenvalue weighted by atomic mass is 10.3. The summed E-state index contributed by atoms with van der Waals surface area (Å²) in [6.07, 6.45) is 0. The Balaban J connectivity index is 2.23. The van der Waals surface area contributed by atoms with E-state index >= 15 is 0 Å². The summed E-state index contributed by atoms with van der Waals surface area (Å²) in [6.45, 7) is -0.204. The van der Waals surface area contributed by atoms with E-state index in [9.17, 15) is 12.8 Å². The van der Waals surface area contributed by atoms with Crippen LogP contribution in [-0.2, 0) is 16.6 Å². The summed E-state index contributed by atoms with van der Waals surface area (Å²) in [5.74, 6) is -0.860. The molecule has 0 spiro atoms. The van der Waals surface area contributed by atoms with E-state index in [4.69, 9.17) is 11.6 Å². The highest BCUT2D eigenvalue weighted by molar-refractivity contribution is 7.89. The Hall–Kier alpha value is -1.58. The Morgan fingerprint density at radius 2 is 2.22 bits per heavy atom. The molecule has 0 saturated heterocycles. The topological polar surface area (TPSA) is 101 Å². The summed E-state index contributed by atoms with van der Waals surface area (Å²) >= 11 is 5.51. The minimum Gasteiger partial charge on any atom is -0.207 e. The standard InChI is InChI=1S/C8H7ClFN5O2S/c9-5-2-1-3-6(8(5)10)18(16,17)11-4-7-12-14-15-13-7/h1-3,11H,4H2,(H,12,13,14,15). The van der Waals surface area contributed by atoms with E-state index in [2.05, 4.69) is 25.3 Å². The van der Waals surface area contributed by atoms with Crippen LogP contribution in [0.5, 0.6) is 0 Å². The number of tetrazole rings is 1. The molecule has 7 nitrogen and oxygen atoms in total. The largest absolute Gasteiger partial charge is 0.243 e. The van der Waals surface area contributed by atoms with E-state index in [0.717, 1.165) is 6.07 Å². The lowest BCUT2D eigenvalue weighted by Crippen LogP contribution is -2.24. The average molecular weight is 292 g/mol. The molecule has 0 aliphatic heterocycles. The van der Waals surface area contributed by atoms with Crippen molar-refractivity contribution >= 4 is 21.6 Å². The van der Waals surface area contributed by atoms with E-state index in [1.807, 2.05) is 0 Å². The number of hydrogen-bond acceptors (Lipinski definition) is 5. The molecule has 18 heavy (non-hydrogen) atoms. The van der Waals surface area contributed by atoms with Gasteiger partial charge >= 0.3 is 0 Å². The van der Waals surface area contributed by atoms with Gasteiger partial charge in [0.2, 0.25) is 10.0 Å². The number of nitrogens with zero attached hydrogens (tertiary/aromatic N) is 3. The van der Waals surface area contributed by atoms with Crippen LogP contribution < -0.4 is 4.72 Å². The number of aromatic amines is 1. The van der Waals surface area contributed by atoms with Crippen molar-refractivity contribution in [2.45, 2.75) is 11.4 Å². The van der Waals surface area contributed by atoms with Crippen LogP contribution in [0.25, 0.3) is 0 Å². The maximum Gasteiger partial charge on any atom is 0.243 e. The van der Waals surface area contributed by atoms with Gasteiger partial charge in [-0.1, -0.05) is 22.9 Å². The van der Waals surface area contributed by atoms with Gasteiger partial charge in [0.15, 0.2) is 11.6 Å². The molecular formula is C8H7ClFN5O2S. The van der Waals surface area contributed by atoms with E-state index in [1.54, 1.807) is 0 Å². The molecule has 0 amide bonds. The Bertz CT molecular complexity index is 646. The van der Waals surface area contributed by atoms with E-state index in [1.165, 1.54) is 12.1 Å². The summed E-state index contributed by atoms with van der Waals surface area (Å²) in [7, 11) is -4.02. The fourth-order valence-electron chi connectivity index (χ4n) is 1.19. The first-order valence-electron chi connectivity index (χ1n) is 4.67. The summed E-state index contributed by atoms with van der Waals surface area (Å²) in [5, 5.41) is 12.3. The molecule has 1 aromatic heterocycles. The Kier molecular flexibility index (Phi) is 3.55. The van der Waals surface area contributed by atoms with Gasteiger partial charge < -0.3 is 0 Å². The van der Waals surface area contributed by atoms with Gasteiger partial charge in [0.05, 0.1) is 11.6 Å². The van der Waals surface area contributed by atoms with Crippen LogP contribution in [0.1, 0.15) is 5.82 Å². The second kappa shape index (κ2) is 4.96. The first-order valence-corrected chi connectivity index (χ1v) is 6.53. The van der Waals surface area contributed by atoms with Gasteiger partial charge in [-0.25, -0.2) is 17.5 Å². The van der Waals surface area contributed by atoms with Crippen LogP contribution >= 0.6 is 11.6 Å². The normalized spacial score (nSPS) is 11.7. The molecular weight excluding hydrogens is 285 g/mol. The minimum absolute atomic E-state index is 0.140. The number of rotatable bonds is 4. The number of H-pyrrole nitrogens is 1. The van der Waals surface area contributed by atoms with Gasteiger partial charge in [-0.3, -0.25) is 0 Å². The second-order valence-electron chi connectivity index (χ2n) is 3.20. The molecule has 0 unspecified atom stereocenters. The fraction of sp³-hybridized carbons (Fsp3) is 0.125. The maximum atomic E-state index is 13.6. The SMILES string of the molecule is O=S(=O)(NCc1nn[nH]n1)c1cccc(Cl)c1F. The molecule has 10 heteroatoms. The molecule has 1 heterocycles. The third kappa shape index (κ3) is 2.63. The molecule has 0 aliphatic carbocycles. The van der Waals surface area contributed by atoms with Crippen molar-refractivity contribution in [3.8, 4) is 0 Å². The summed E-state index contributed by atoms with van der Waals surface area (Å²) in [4.78, 5) is -0.529. The molecule has 0 aliphatic rings. The summed E-state index contributed by atoms with van der Waals surface area (Å²) in [5.41, 5.74) is 0. The molecule has 0 radical (unpaired) electrons. The van der Waals surface area contributed by atoms with Crippen molar-refractivity contribution < 1.29 is 12.8 Å². The molecule has 0 fully saturated rings. The molecule has 0 bridgehead atoms. The first kappa shape index (κ1) is 12.9. The number of sulfonamides is 1. The Morgan fingerprint density at radius 1 is 1.44 bits per heavy atom. The van der Waals surface area contributed by atoms with Crippen LogP contribution in [0.3, 0.4) is 0 Å². The van der Waals surface area contributed by atoms with Gasteiger partial charge in [-0.05, 0) is 12.1 Å². The quantitative estimate of drug-likeness (QED) is 0.853. The van der Waals surface area contributed by atoms with Crippen molar-refractivity contribution in [2.24, 2.45) is 0 Å². The highest BCUT2D eigenvalue weighted by atomic mass is 35.5. The number of hydrogen-bond donors (Lipinski definition) is 2. The minimum atomic E-state index is -4.02. The Labute approximate surface area is 106 Å². The Morgan fingerprint density at radius 3 is 2.89 bits per heavy atom. The molecule has 2 aromatic rings. The predicted molar refractivity (Wildman–Crippen MR) is 59.6 cm³/mol. The number of halogens is 2. The van der Waals surface area contributed by atoms with Crippen molar-refractivity contribution in [1.29, 1.82) is 0 Å². The highest BCUT2D eigenvalue weighted by Crippen LogP contribution is 2.21. The third-order valence-electron chi connectivity index (χ3n) is 2.02. The van der Waals surface area contributed by atoms with Gasteiger partial charge in [-0.15, -0.1) is 10.2 Å². The van der Waals surface area contributed by atoms with Gasteiger partial charge in [-0.2, -0.15) is 5.21 Å². The van der Waals surface area contributed by atoms with Crippen molar-refractivity contribution in [3.63, 3.8) is 0 Å². The maximum absolute atomic E-state index is 13.6. The average Bonchev–Trinajstić information content (AvgIpc) is 2.83. The fourth-order valence-corrected chi connectivity index (χ4v) is 2.50. The summed E-state index contributed by atoms with van der Waals surface area (Å²) < 4.78 is 39.3. The van der Waals surface area contributed by atoms with Crippen LogP contribution in [0.4, 0.5) is 4.39 Å². The van der Waals surface area contributed by atoms with Gasteiger partial charge in [0.1, 0.15) is 4.90 Å². The van der Waals surface area contributed by atoms with Crippen molar-refractivity contribution in [1.82, 2.24) is 25.3 Å². The van der Waals surface area contributed by atoms with E-state index in [-0.39, 0.29) is 17.4 Å². The predicted octanol–water partition coefficient (Wildman–Crippen LogP) is 0.471. The zero-order valence-electron chi connectivity index (χ0n) is 8.76. The molecule has 1 aromatic carbocycles. The number of aromatic nitrogens is 4. The van der Waals surface area contributed by atoms with Gasteiger partial charge in [0, 0.05) is 0 Å². The van der Waals surface area contributed by atoms with Crippen LogP contribution in [0.2, 0.25) is 5.02 Å². The zero-order chi connectivity index (χ0) is 13.2. The van der Waals surface area contributed by atoms with E-state index in [0.29, 0.717) is 0 Å². The van der Waals surface area contributed by atoms with Crippen LogP contribution in [0.15, 0.2) is 23.1 Å². The van der Waals surface area contributed by atoms with E-state index < -0.39 is 20.7 Å². The summed E-state index contributed by atoms with van der Waals surface area (Å²) in [6, 6.07) is 3.71. The number of nitrogens with one attached hydrogen (secondary N) is 2. The smallest absolute Gasteiger partial charge is 0.207 e. The molecule has 96 valence electrons. The van der Waals surface area contributed by atoms with Crippen molar-refractivity contribution in [3.05, 3.63) is 34.9 Å². The molecule has 0 saturated carbocycles. The lowest BCUT2D eigenvalue weighted by molar-refractivity contribution is 0.555. The molecule has 2 N–H and O–H groups in total. The van der Waals surface area contributed by atoms with Crippen LogP contribution in [0, 0.1) is 5.82 Å². The first-order chi connectivity index (χ1) is 8.50. The zero-order valence-corrected chi connectivity index (χ0v) is 10.3. The van der Waals surface area contributed by atoms with Gasteiger partial charge in [0.25, 0.3) is 0 Å². The van der Waals surface area contributed by atoms with Crippen molar-refractivity contribution in [2.75, 3.05) is 0 Å². The second-order valence-corrected chi connectivity index (χ2v) is 5.35. The lowest BCUT2D eigenvalue weighted by Gasteiger charge is -2.06. The molecule has 0 atom stereocenters. The number of benzene rings is 1. The third-order valence-corrected chi connectivity index (χ3v) is 3.73. The highest BCUT2D eigenvalue weighted by Gasteiger charge is 2.20. The molecule has 2 rings (SSSR count).